The summed E-state index contributed by atoms with van der Waals surface area (Å²) in [5.41, 5.74) is 0.219. The number of carbonyl (C=O) groups is 1. The van der Waals surface area contributed by atoms with E-state index in [2.05, 4.69) is 25.9 Å². The summed E-state index contributed by atoms with van der Waals surface area (Å²) >= 11 is 0. The number of benzene rings is 1. The lowest BCUT2D eigenvalue weighted by Gasteiger charge is -2.27. The van der Waals surface area contributed by atoms with E-state index in [9.17, 15) is 14.3 Å². The van der Waals surface area contributed by atoms with Crippen LogP contribution in [0.3, 0.4) is 0 Å². The molecule has 3 rings (SSSR count). The molecule has 0 aliphatic carbocycles. The molecule has 2 heterocycles. The van der Waals surface area contributed by atoms with Crippen molar-refractivity contribution in [3.05, 3.63) is 36.3 Å². The molecule has 1 aliphatic heterocycles. The Labute approximate surface area is 168 Å². The van der Waals surface area contributed by atoms with Gasteiger partial charge in [-0.15, -0.1) is 0 Å². The van der Waals surface area contributed by atoms with Crippen LogP contribution in [0.4, 0.5) is 32.3 Å². The van der Waals surface area contributed by atoms with E-state index < -0.39 is 11.4 Å². The molecule has 0 radical (unpaired) electrons. The lowest BCUT2D eigenvalue weighted by Crippen LogP contribution is -2.43. The van der Waals surface area contributed by atoms with Crippen molar-refractivity contribution >= 4 is 29.2 Å². The molecule has 156 valence electrons. The number of morpholine rings is 1. The molecule has 0 bridgehead atoms. The molecule has 9 nitrogen and oxygen atoms in total. The number of hydrogen-bond acceptors (Lipinski definition) is 7. The monoisotopic (exact) mass is 404 g/mol. The topological polar surface area (TPSA) is 112 Å². The van der Waals surface area contributed by atoms with Crippen LogP contribution in [0, 0.1) is 5.82 Å². The summed E-state index contributed by atoms with van der Waals surface area (Å²) in [5.74, 6) is -0.450. The molecular weight excluding hydrogens is 379 g/mol. The molecule has 29 heavy (non-hydrogen) atoms. The Morgan fingerprint density at radius 2 is 2.03 bits per heavy atom. The van der Waals surface area contributed by atoms with Gasteiger partial charge in [0, 0.05) is 31.0 Å². The van der Waals surface area contributed by atoms with Gasteiger partial charge in [0.25, 0.3) is 0 Å². The molecule has 2 amide bonds. The van der Waals surface area contributed by atoms with E-state index in [0.717, 1.165) is 6.20 Å². The van der Waals surface area contributed by atoms with Gasteiger partial charge in [-0.3, -0.25) is 0 Å². The molecule has 0 unspecified atom stereocenters. The summed E-state index contributed by atoms with van der Waals surface area (Å²) in [4.78, 5) is 22.0. The Balaban J connectivity index is 1.66. The number of amides is 2. The van der Waals surface area contributed by atoms with E-state index >= 15 is 0 Å². The second-order valence-corrected chi connectivity index (χ2v) is 7.29. The predicted octanol–water partition coefficient (Wildman–Crippen LogP) is 2.41. The maximum Gasteiger partial charge on any atom is 0.322 e. The van der Waals surface area contributed by atoms with Crippen LogP contribution in [-0.2, 0) is 4.74 Å². The largest absolute Gasteiger partial charge is 0.389 e. The van der Waals surface area contributed by atoms with Gasteiger partial charge in [0.1, 0.15) is 0 Å². The minimum Gasteiger partial charge on any atom is -0.389 e. The zero-order valence-corrected chi connectivity index (χ0v) is 16.4. The van der Waals surface area contributed by atoms with Gasteiger partial charge >= 0.3 is 6.03 Å². The lowest BCUT2D eigenvalue weighted by molar-refractivity contribution is 0.0564. The normalized spacial score (nSPS) is 14.4. The Bertz CT molecular complexity index is 852. The van der Waals surface area contributed by atoms with Gasteiger partial charge in [-0.05, 0) is 32.0 Å². The van der Waals surface area contributed by atoms with Crippen molar-refractivity contribution in [1.82, 2.24) is 14.9 Å². The molecule has 0 spiro atoms. The first-order valence-corrected chi connectivity index (χ1v) is 9.30. The minimum atomic E-state index is -1.02. The molecule has 2 aromatic rings. The molecule has 1 aromatic heterocycles. The fourth-order valence-electron chi connectivity index (χ4n) is 2.62. The van der Waals surface area contributed by atoms with Crippen molar-refractivity contribution in [1.29, 1.82) is 0 Å². The molecule has 0 atom stereocenters. The first kappa shape index (κ1) is 20.7. The number of halogens is 1. The van der Waals surface area contributed by atoms with Gasteiger partial charge in [0.15, 0.2) is 11.6 Å². The van der Waals surface area contributed by atoms with E-state index in [0.29, 0.717) is 37.7 Å². The highest BCUT2D eigenvalue weighted by Gasteiger charge is 2.17. The number of ether oxygens (including phenoxy) is 1. The summed E-state index contributed by atoms with van der Waals surface area (Å²) in [7, 11) is 0. The highest BCUT2D eigenvalue weighted by molar-refractivity contribution is 5.90. The average molecular weight is 404 g/mol. The number of hydrogen-bond donors (Lipinski definition) is 4. The second kappa shape index (κ2) is 9.01. The molecule has 1 aliphatic rings. The minimum absolute atomic E-state index is 0.0126. The highest BCUT2D eigenvalue weighted by atomic mass is 19.1. The van der Waals surface area contributed by atoms with Gasteiger partial charge in [-0.1, -0.05) is 6.07 Å². The molecule has 1 fully saturated rings. The van der Waals surface area contributed by atoms with Crippen molar-refractivity contribution in [2.75, 3.05) is 48.8 Å². The van der Waals surface area contributed by atoms with Gasteiger partial charge in [0.05, 0.1) is 25.0 Å². The van der Waals surface area contributed by atoms with Gasteiger partial charge in [0.2, 0.25) is 5.95 Å². The van der Waals surface area contributed by atoms with Crippen molar-refractivity contribution < 1.29 is 19.0 Å². The third kappa shape index (κ3) is 6.26. The van der Waals surface area contributed by atoms with Gasteiger partial charge in [-0.25, -0.2) is 14.2 Å². The fourth-order valence-corrected chi connectivity index (χ4v) is 2.62. The summed E-state index contributed by atoms with van der Waals surface area (Å²) in [6, 6.07) is 6.86. The third-order valence-corrected chi connectivity index (χ3v) is 4.10. The van der Waals surface area contributed by atoms with Gasteiger partial charge in [-0.2, -0.15) is 4.98 Å². The van der Waals surface area contributed by atoms with E-state index in [-0.39, 0.29) is 24.3 Å². The number of rotatable bonds is 6. The standard InChI is InChI=1S/C19H25FN6O3/c1-19(2,28)12-22-16-15(20)11-21-17(25-16)23-13-4-3-5-14(10-13)24-18(27)26-6-8-29-9-7-26/h3-5,10-11,28H,6-9,12H2,1-2H3,(H,24,27)(H2,21,22,23,25). The van der Waals surface area contributed by atoms with Crippen LogP contribution in [0.2, 0.25) is 0 Å². The molecule has 1 saturated heterocycles. The summed E-state index contributed by atoms with van der Waals surface area (Å²) in [6.45, 7) is 5.50. The maximum absolute atomic E-state index is 13.9. The van der Waals surface area contributed by atoms with Crippen LogP contribution in [0.1, 0.15) is 13.8 Å². The van der Waals surface area contributed by atoms with Crippen LogP contribution in [0.25, 0.3) is 0 Å². The summed E-state index contributed by atoms with van der Waals surface area (Å²) in [5, 5.41) is 18.4. The van der Waals surface area contributed by atoms with Crippen LogP contribution < -0.4 is 16.0 Å². The van der Waals surface area contributed by atoms with E-state index in [4.69, 9.17) is 4.74 Å². The lowest BCUT2D eigenvalue weighted by atomic mass is 10.1. The highest BCUT2D eigenvalue weighted by Crippen LogP contribution is 2.20. The number of anilines is 4. The molecule has 0 saturated carbocycles. The summed E-state index contributed by atoms with van der Waals surface area (Å²) in [6.07, 6.45) is 1.05. The van der Waals surface area contributed by atoms with E-state index in [1.807, 2.05) is 0 Å². The SMILES string of the molecule is CC(C)(O)CNc1nc(Nc2cccc(NC(=O)N3CCOCC3)c2)ncc1F. The van der Waals surface area contributed by atoms with Crippen molar-refractivity contribution in [2.45, 2.75) is 19.4 Å². The number of aromatic nitrogens is 2. The van der Waals surface area contributed by atoms with E-state index in [1.54, 1.807) is 43.0 Å². The van der Waals surface area contributed by atoms with E-state index in [1.165, 1.54) is 0 Å². The smallest absolute Gasteiger partial charge is 0.322 e. The molecule has 10 heteroatoms. The van der Waals surface area contributed by atoms with Crippen molar-refractivity contribution in [2.24, 2.45) is 0 Å². The fraction of sp³-hybridized carbons (Fsp3) is 0.421. The molecule has 1 aromatic carbocycles. The average Bonchev–Trinajstić information content (AvgIpc) is 2.69. The number of urea groups is 1. The Kier molecular flexibility index (Phi) is 6.45. The Morgan fingerprint density at radius 3 is 2.76 bits per heavy atom. The first-order chi connectivity index (χ1) is 13.8. The number of nitrogens with one attached hydrogen (secondary N) is 3. The molecule has 4 N–H and O–H groups in total. The Hall–Kier alpha value is -2.98. The van der Waals surface area contributed by atoms with Crippen molar-refractivity contribution in [3.63, 3.8) is 0 Å². The number of nitrogens with zero attached hydrogens (tertiary/aromatic N) is 3. The van der Waals surface area contributed by atoms with Crippen molar-refractivity contribution in [3.8, 4) is 0 Å². The summed E-state index contributed by atoms with van der Waals surface area (Å²) < 4.78 is 19.2. The van der Waals surface area contributed by atoms with Crippen LogP contribution >= 0.6 is 0 Å². The zero-order valence-electron chi connectivity index (χ0n) is 16.4. The quantitative estimate of drug-likeness (QED) is 0.585. The predicted molar refractivity (Wildman–Crippen MR) is 108 cm³/mol. The maximum atomic E-state index is 13.9. The van der Waals surface area contributed by atoms with Crippen LogP contribution in [-0.4, -0.2) is 64.5 Å². The second-order valence-electron chi connectivity index (χ2n) is 7.29. The van der Waals surface area contributed by atoms with Gasteiger partial charge < -0.3 is 30.7 Å². The Morgan fingerprint density at radius 1 is 1.31 bits per heavy atom. The first-order valence-electron chi connectivity index (χ1n) is 9.30. The number of aliphatic hydroxyl groups is 1. The molecular formula is C19H25FN6O3. The third-order valence-electron chi connectivity index (χ3n) is 4.10. The van der Waals surface area contributed by atoms with Crippen LogP contribution in [0.15, 0.2) is 30.5 Å². The zero-order chi connectivity index (χ0) is 20.9. The van der Waals surface area contributed by atoms with Crippen LogP contribution in [0.5, 0.6) is 0 Å². The number of carbonyl (C=O) groups excluding carboxylic acids is 1.